The lowest BCUT2D eigenvalue weighted by atomic mass is 10.2. The Hall–Kier alpha value is -1.30. The van der Waals surface area contributed by atoms with E-state index in [2.05, 4.69) is 25.9 Å². The van der Waals surface area contributed by atoms with Gasteiger partial charge in [0, 0.05) is 12.4 Å². The summed E-state index contributed by atoms with van der Waals surface area (Å²) in [5, 5.41) is 0. The lowest BCUT2D eigenvalue weighted by molar-refractivity contribution is -0.145. The maximum Gasteiger partial charge on any atom is 0.328 e. The van der Waals surface area contributed by atoms with E-state index in [-0.39, 0.29) is 11.8 Å². The van der Waals surface area contributed by atoms with Crippen molar-refractivity contribution in [1.82, 2.24) is 9.97 Å². The number of esters is 1. The lowest BCUT2D eigenvalue weighted by Crippen LogP contribution is -2.29. The SMILES string of the molecule is CC(C)OC(=O)C(Br)C(=O)c1cnccn1. The zero-order chi connectivity index (χ0) is 12.1. The van der Waals surface area contributed by atoms with E-state index in [4.69, 9.17) is 4.74 Å². The standard InChI is InChI=1S/C10H11BrN2O3/c1-6(2)16-10(15)8(11)9(14)7-5-12-3-4-13-7/h3-6,8H,1-2H3. The molecule has 0 aliphatic rings. The van der Waals surface area contributed by atoms with Crippen LogP contribution in [0.15, 0.2) is 18.6 Å². The molecule has 0 aromatic carbocycles. The van der Waals surface area contributed by atoms with Crippen molar-refractivity contribution in [3.63, 3.8) is 0 Å². The van der Waals surface area contributed by atoms with Gasteiger partial charge in [0.2, 0.25) is 5.78 Å². The zero-order valence-electron chi connectivity index (χ0n) is 8.88. The number of carbonyl (C=O) groups excluding carboxylic acids is 2. The van der Waals surface area contributed by atoms with E-state index in [9.17, 15) is 9.59 Å². The van der Waals surface area contributed by atoms with Crippen LogP contribution in [0.3, 0.4) is 0 Å². The average molecular weight is 287 g/mol. The van der Waals surface area contributed by atoms with Crippen molar-refractivity contribution in [1.29, 1.82) is 0 Å². The number of alkyl halides is 1. The lowest BCUT2D eigenvalue weighted by Gasteiger charge is -2.11. The summed E-state index contributed by atoms with van der Waals surface area (Å²) >= 11 is 2.98. The van der Waals surface area contributed by atoms with Gasteiger partial charge in [-0.2, -0.15) is 0 Å². The first-order valence-electron chi connectivity index (χ1n) is 4.67. The molecule has 86 valence electrons. The summed E-state index contributed by atoms with van der Waals surface area (Å²) in [6.07, 6.45) is 3.88. The third-order valence-electron chi connectivity index (χ3n) is 1.60. The van der Waals surface area contributed by atoms with Gasteiger partial charge in [-0.1, -0.05) is 15.9 Å². The van der Waals surface area contributed by atoms with Gasteiger partial charge in [0.25, 0.3) is 0 Å². The van der Waals surface area contributed by atoms with Gasteiger partial charge in [-0.25, -0.2) is 4.98 Å². The minimum absolute atomic E-state index is 0.130. The number of aromatic nitrogens is 2. The van der Waals surface area contributed by atoms with E-state index in [1.54, 1.807) is 13.8 Å². The molecular formula is C10H11BrN2O3. The average Bonchev–Trinajstić information content (AvgIpc) is 2.27. The first kappa shape index (κ1) is 12.8. The van der Waals surface area contributed by atoms with Crippen LogP contribution in [0.5, 0.6) is 0 Å². The second kappa shape index (κ2) is 5.69. The van der Waals surface area contributed by atoms with E-state index in [0.29, 0.717) is 0 Å². The fourth-order valence-electron chi connectivity index (χ4n) is 0.955. The fraction of sp³-hybridized carbons (Fsp3) is 0.400. The molecule has 0 radical (unpaired) electrons. The minimum atomic E-state index is -1.04. The molecule has 0 bridgehead atoms. The van der Waals surface area contributed by atoms with Crippen LogP contribution >= 0.6 is 15.9 Å². The number of hydrogen-bond donors (Lipinski definition) is 0. The molecule has 6 heteroatoms. The quantitative estimate of drug-likeness (QED) is 0.362. The number of nitrogens with zero attached hydrogens (tertiary/aromatic N) is 2. The Balaban J connectivity index is 2.72. The van der Waals surface area contributed by atoms with E-state index in [1.807, 2.05) is 0 Å². The van der Waals surface area contributed by atoms with Crippen LogP contribution in [0, 0.1) is 0 Å². The Morgan fingerprint density at radius 1 is 1.38 bits per heavy atom. The van der Waals surface area contributed by atoms with E-state index in [1.165, 1.54) is 18.6 Å². The molecule has 1 aromatic heterocycles. The summed E-state index contributed by atoms with van der Waals surface area (Å²) in [5.74, 6) is -1.08. The Kier molecular flexibility index (Phi) is 4.54. The number of ketones is 1. The molecule has 0 amide bonds. The summed E-state index contributed by atoms with van der Waals surface area (Å²) in [7, 11) is 0. The van der Waals surface area contributed by atoms with Crippen molar-refractivity contribution < 1.29 is 14.3 Å². The van der Waals surface area contributed by atoms with E-state index in [0.717, 1.165) is 0 Å². The summed E-state index contributed by atoms with van der Waals surface area (Å²) in [6.45, 7) is 3.43. The van der Waals surface area contributed by atoms with Crippen LogP contribution in [0.4, 0.5) is 0 Å². The van der Waals surface area contributed by atoms with Crippen molar-refractivity contribution in [2.45, 2.75) is 24.8 Å². The minimum Gasteiger partial charge on any atom is -0.462 e. The third kappa shape index (κ3) is 3.37. The molecular weight excluding hydrogens is 276 g/mol. The summed E-state index contributed by atoms with van der Waals surface area (Å²) in [6, 6.07) is 0. The molecule has 0 saturated carbocycles. The summed E-state index contributed by atoms with van der Waals surface area (Å²) in [5.41, 5.74) is 0.130. The van der Waals surface area contributed by atoms with Crippen molar-refractivity contribution in [3.05, 3.63) is 24.3 Å². The van der Waals surface area contributed by atoms with Crippen LogP contribution in [-0.4, -0.2) is 32.7 Å². The van der Waals surface area contributed by atoms with Gasteiger partial charge in [-0.15, -0.1) is 0 Å². The number of ether oxygens (including phenoxy) is 1. The van der Waals surface area contributed by atoms with E-state index >= 15 is 0 Å². The Bertz CT molecular complexity index is 381. The maximum atomic E-state index is 11.7. The Morgan fingerprint density at radius 3 is 2.56 bits per heavy atom. The highest BCUT2D eigenvalue weighted by Gasteiger charge is 2.27. The highest BCUT2D eigenvalue weighted by Crippen LogP contribution is 2.10. The topological polar surface area (TPSA) is 69.2 Å². The number of Topliss-reactive ketones (excluding diaryl/α,β-unsaturated/α-hetero) is 1. The third-order valence-corrected chi connectivity index (χ3v) is 2.39. The monoisotopic (exact) mass is 286 g/mol. The summed E-state index contributed by atoms with van der Waals surface area (Å²) in [4.78, 5) is 29.7. The van der Waals surface area contributed by atoms with Gasteiger partial charge >= 0.3 is 5.97 Å². The molecule has 0 N–H and O–H groups in total. The number of rotatable bonds is 4. The number of hydrogen-bond acceptors (Lipinski definition) is 5. The van der Waals surface area contributed by atoms with Gasteiger partial charge in [0.1, 0.15) is 5.69 Å². The highest BCUT2D eigenvalue weighted by molar-refractivity contribution is 9.10. The van der Waals surface area contributed by atoms with Crippen LogP contribution in [0.1, 0.15) is 24.3 Å². The molecule has 1 heterocycles. The van der Waals surface area contributed by atoms with E-state index < -0.39 is 16.6 Å². The molecule has 16 heavy (non-hydrogen) atoms. The first-order valence-corrected chi connectivity index (χ1v) is 5.58. The van der Waals surface area contributed by atoms with Crippen molar-refractivity contribution in [3.8, 4) is 0 Å². The van der Waals surface area contributed by atoms with Crippen molar-refractivity contribution in [2.24, 2.45) is 0 Å². The molecule has 0 aliphatic carbocycles. The molecule has 0 aliphatic heterocycles. The Morgan fingerprint density at radius 2 is 2.06 bits per heavy atom. The fourth-order valence-corrected chi connectivity index (χ4v) is 1.30. The number of carbonyl (C=O) groups is 2. The van der Waals surface area contributed by atoms with Crippen LogP contribution in [0.25, 0.3) is 0 Å². The van der Waals surface area contributed by atoms with Gasteiger partial charge in [0.05, 0.1) is 12.3 Å². The van der Waals surface area contributed by atoms with Crippen molar-refractivity contribution >= 4 is 27.7 Å². The molecule has 5 nitrogen and oxygen atoms in total. The molecule has 0 saturated heterocycles. The largest absolute Gasteiger partial charge is 0.462 e. The molecule has 1 aromatic rings. The molecule has 1 atom stereocenters. The van der Waals surface area contributed by atoms with Crippen LogP contribution in [-0.2, 0) is 9.53 Å². The predicted molar refractivity (Wildman–Crippen MR) is 60.3 cm³/mol. The molecule has 0 spiro atoms. The first-order chi connectivity index (χ1) is 7.52. The molecule has 0 fully saturated rings. The van der Waals surface area contributed by atoms with Gasteiger partial charge in [-0.3, -0.25) is 14.6 Å². The smallest absolute Gasteiger partial charge is 0.328 e. The summed E-state index contributed by atoms with van der Waals surface area (Å²) < 4.78 is 4.90. The Labute approximate surface area is 101 Å². The van der Waals surface area contributed by atoms with Crippen LogP contribution < -0.4 is 0 Å². The second-order valence-electron chi connectivity index (χ2n) is 3.30. The predicted octanol–water partition coefficient (Wildman–Crippen LogP) is 1.37. The van der Waals surface area contributed by atoms with Gasteiger partial charge in [0.15, 0.2) is 4.83 Å². The highest BCUT2D eigenvalue weighted by atomic mass is 79.9. The van der Waals surface area contributed by atoms with Crippen LogP contribution in [0.2, 0.25) is 0 Å². The number of halogens is 1. The zero-order valence-corrected chi connectivity index (χ0v) is 10.5. The molecule has 1 unspecified atom stereocenters. The van der Waals surface area contributed by atoms with Crippen molar-refractivity contribution in [2.75, 3.05) is 0 Å². The second-order valence-corrected chi connectivity index (χ2v) is 4.22. The normalized spacial score (nSPS) is 12.2. The molecule has 1 rings (SSSR count). The van der Waals surface area contributed by atoms with Gasteiger partial charge < -0.3 is 4.74 Å². The maximum absolute atomic E-state index is 11.7. The van der Waals surface area contributed by atoms with Gasteiger partial charge in [-0.05, 0) is 13.8 Å².